The lowest BCUT2D eigenvalue weighted by Crippen LogP contribution is -2.03. The van der Waals surface area contributed by atoms with Gasteiger partial charge in [-0.15, -0.1) is 11.3 Å². The predicted octanol–water partition coefficient (Wildman–Crippen LogP) is 4.15. The van der Waals surface area contributed by atoms with Gasteiger partial charge in [0.15, 0.2) is 0 Å². The summed E-state index contributed by atoms with van der Waals surface area (Å²) in [4.78, 5) is 2.17. The van der Waals surface area contributed by atoms with Gasteiger partial charge in [-0.05, 0) is 61.2 Å². The molecule has 0 amide bonds. The van der Waals surface area contributed by atoms with E-state index in [1.165, 1.54) is 17.0 Å². The summed E-state index contributed by atoms with van der Waals surface area (Å²) in [5.74, 6) is -0.249. The first-order chi connectivity index (χ1) is 8.52. The van der Waals surface area contributed by atoms with E-state index in [-0.39, 0.29) is 5.82 Å². The molecule has 0 radical (unpaired) electrons. The van der Waals surface area contributed by atoms with Gasteiger partial charge in [0.1, 0.15) is 11.9 Å². The Morgan fingerprint density at radius 1 is 1.22 bits per heavy atom. The molecule has 0 aliphatic carbocycles. The third kappa shape index (κ3) is 2.47. The maximum atomic E-state index is 13.3. The molecule has 1 heterocycles. The van der Waals surface area contributed by atoms with E-state index >= 15 is 0 Å². The lowest BCUT2D eigenvalue weighted by molar-refractivity contribution is 0.222. The van der Waals surface area contributed by atoms with Gasteiger partial charge in [-0.3, -0.25) is 0 Å². The lowest BCUT2D eigenvalue weighted by Gasteiger charge is -2.15. The van der Waals surface area contributed by atoms with Crippen LogP contribution < -0.4 is 0 Å². The molecule has 0 aliphatic rings. The third-order valence-electron chi connectivity index (χ3n) is 3.13. The number of benzene rings is 1. The number of thiophene rings is 1. The molecule has 1 N–H and O–H groups in total. The highest BCUT2D eigenvalue weighted by Gasteiger charge is 2.18. The van der Waals surface area contributed by atoms with Gasteiger partial charge < -0.3 is 5.11 Å². The zero-order valence-corrected chi connectivity index (χ0v) is 11.6. The Labute approximate surface area is 111 Å². The molecule has 1 atom stereocenters. The Morgan fingerprint density at radius 3 is 2.33 bits per heavy atom. The van der Waals surface area contributed by atoms with Gasteiger partial charge in [0.05, 0.1) is 0 Å². The number of hydrogen-bond donors (Lipinski definition) is 1. The van der Waals surface area contributed by atoms with Gasteiger partial charge in [0.25, 0.3) is 0 Å². The van der Waals surface area contributed by atoms with E-state index in [1.807, 2.05) is 26.0 Å². The van der Waals surface area contributed by atoms with Gasteiger partial charge in [-0.2, -0.15) is 0 Å². The number of hydrogen-bond acceptors (Lipinski definition) is 2. The quantitative estimate of drug-likeness (QED) is 0.883. The fourth-order valence-corrected chi connectivity index (χ4v) is 3.18. The normalized spacial score (nSPS) is 12.7. The number of aliphatic hydroxyl groups excluding tert-OH is 1. The molecule has 96 valence electrons. The third-order valence-corrected chi connectivity index (χ3v) is 4.41. The first kappa shape index (κ1) is 13.2. The van der Waals surface area contributed by atoms with Crippen molar-refractivity contribution in [3.05, 3.63) is 56.5 Å². The molecule has 3 heteroatoms. The monoisotopic (exact) mass is 264 g/mol. The van der Waals surface area contributed by atoms with Crippen LogP contribution in [0, 0.1) is 19.7 Å². The smallest absolute Gasteiger partial charge is 0.123 e. The minimum absolute atomic E-state index is 0.249. The van der Waals surface area contributed by atoms with E-state index in [0.29, 0.717) is 0 Å². The van der Waals surface area contributed by atoms with Crippen molar-refractivity contribution >= 4 is 11.3 Å². The van der Waals surface area contributed by atoms with Gasteiger partial charge in [-0.25, -0.2) is 4.39 Å². The maximum absolute atomic E-state index is 13.3. The van der Waals surface area contributed by atoms with Crippen LogP contribution in [-0.2, 0) is 6.42 Å². The molecule has 18 heavy (non-hydrogen) atoms. The minimum Gasteiger partial charge on any atom is -0.383 e. The van der Waals surface area contributed by atoms with Crippen LogP contribution in [0.1, 0.15) is 39.5 Å². The summed E-state index contributed by atoms with van der Waals surface area (Å²) in [6, 6.07) is 6.94. The van der Waals surface area contributed by atoms with Crippen LogP contribution in [0.2, 0.25) is 0 Å². The zero-order valence-electron chi connectivity index (χ0n) is 10.8. The summed E-state index contributed by atoms with van der Waals surface area (Å²) in [5, 5.41) is 10.4. The minimum atomic E-state index is -0.657. The Balaban J connectivity index is 2.42. The van der Waals surface area contributed by atoms with Crippen molar-refractivity contribution in [2.75, 3.05) is 0 Å². The van der Waals surface area contributed by atoms with E-state index in [4.69, 9.17) is 0 Å². The van der Waals surface area contributed by atoms with Crippen LogP contribution in [-0.4, -0.2) is 5.11 Å². The zero-order chi connectivity index (χ0) is 13.3. The van der Waals surface area contributed by atoms with Gasteiger partial charge in [0.2, 0.25) is 0 Å². The molecular formula is C15H17FOS. The molecule has 0 fully saturated rings. The summed E-state index contributed by atoms with van der Waals surface area (Å²) in [6.07, 6.45) is 0.314. The second-order valence-electron chi connectivity index (χ2n) is 4.51. The van der Waals surface area contributed by atoms with E-state index in [1.54, 1.807) is 11.3 Å². The van der Waals surface area contributed by atoms with Crippen molar-refractivity contribution in [1.29, 1.82) is 0 Å². The van der Waals surface area contributed by atoms with E-state index < -0.39 is 6.10 Å². The highest BCUT2D eigenvalue weighted by atomic mass is 32.1. The highest BCUT2D eigenvalue weighted by Crippen LogP contribution is 2.32. The standard InChI is InChI=1S/C15H17FOS/c1-4-12-5-6-13(18-12)15(17)14-9(2)7-11(16)8-10(14)3/h5-8,15,17H,4H2,1-3H3. The van der Waals surface area contributed by atoms with Crippen LogP contribution in [0.15, 0.2) is 24.3 Å². The van der Waals surface area contributed by atoms with Crippen molar-refractivity contribution < 1.29 is 9.50 Å². The summed E-state index contributed by atoms with van der Waals surface area (Å²) in [7, 11) is 0. The number of aryl methyl sites for hydroxylation is 3. The van der Waals surface area contributed by atoms with Gasteiger partial charge in [-0.1, -0.05) is 6.92 Å². The molecule has 0 spiro atoms. The first-order valence-corrected chi connectivity index (χ1v) is 6.88. The fourth-order valence-electron chi connectivity index (χ4n) is 2.23. The van der Waals surface area contributed by atoms with Crippen molar-refractivity contribution in [1.82, 2.24) is 0 Å². The molecule has 1 unspecified atom stereocenters. The van der Waals surface area contributed by atoms with Crippen LogP contribution in [0.3, 0.4) is 0 Å². The second-order valence-corrected chi connectivity index (χ2v) is 5.71. The van der Waals surface area contributed by atoms with Crippen molar-refractivity contribution in [3.63, 3.8) is 0 Å². The van der Waals surface area contributed by atoms with Crippen molar-refractivity contribution in [3.8, 4) is 0 Å². The summed E-state index contributed by atoms with van der Waals surface area (Å²) in [6.45, 7) is 5.77. The number of halogens is 1. The maximum Gasteiger partial charge on any atom is 0.123 e. The van der Waals surface area contributed by atoms with Gasteiger partial charge >= 0.3 is 0 Å². The summed E-state index contributed by atoms with van der Waals surface area (Å²) >= 11 is 1.61. The van der Waals surface area contributed by atoms with Crippen LogP contribution in [0.5, 0.6) is 0 Å². The number of aliphatic hydroxyl groups is 1. The molecule has 0 bridgehead atoms. The van der Waals surface area contributed by atoms with Crippen molar-refractivity contribution in [2.45, 2.75) is 33.3 Å². The van der Waals surface area contributed by atoms with Gasteiger partial charge in [0, 0.05) is 9.75 Å². The second kappa shape index (κ2) is 5.21. The predicted molar refractivity (Wildman–Crippen MR) is 73.6 cm³/mol. The molecule has 0 saturated heterocycles. The Hall–Kier alpha value is -1.19. The molecule has 0 aliphatic heterocycles. The Kier molecular flexibility index (Phi) is 3.83. The Bertz CT molecular complexity index is 536. The van der Waals surface area contributed by atoms with Crippen LogP contribution in [0.25, 0.3) is 0 Å². The average Bonchev–Trinajstić information content (AvgIpc) is 2.75. The molecule has 0 saturated carbocycles. The van der Waals surface area contributed by atoms with Crippen molar-refractivity contribution in [2.24, 2.45) is 0 Å². The van der Waals surface area contributed by atoms with Crippen LogP contribution >= 0.6 is 11.3 Å². The highest BCUT2D eigenvalue weighted by molar-refractivity contribution is 7.12. The topological polar surface area (TPSA) is 20.2 Å². The molecule has 2 aromatic rings. The lowest BCUT2D eigenvalue weighted by atomic mass is 9.97. The summed E-state index contributed by atoms with van der Waals surface area (Å²) < 4.78 is 13.3. The molecule has 1 aromatic carbocycles. The molecule has 1 aromatic heterocycles. The summed E-state index contributed by atoms with van der Waals surface area (Å²) in [5.41, 5.74) is 2.42. The van der Waals surface area contributed by atoms with E-state index in [2.05, 4.69) is 6.92 Å². The molecule has 1 nitrogen and oxygen atoms in total. The SMILES string of the molecule is CCc1ccc(C(O)c2c(C)cc(F)cc2C)s1. The van der Waals surface area contributed by atoms with E-state index in [9.17, 15) is 9.50 Å². The van der Waals surface area contributed by atoms with E-state index in [0.717, 1.165) is 28.0 Å². The largest absolute Gasteiger partial charge is 0.383 e. The average molecular weight is 264 g/mol. The first-order valence-electron chi connectivity index (χ1n) is 6.06. The Morgan fingerprint density at radius 2 is 1.83 bits per heavy atom. The molecular weight excluding hydrogens is 247 g/mol. The molecule has 2 rings (SSSR count). The number of rotatable bonds is 3. The fraction of sp³-hybridized carbons (Fsp3) is 0.333. The van der Waals surface area contributed by atoms with Crippen LogP contribution in [0.4, 0.5) is 4.39 Å².